The van der Waals surface area contributed by atoms with E-state index in [1.807, 2.05) is 0 Å². The van der Waals surface area contributed by atoms with Crippen LogP contribution in [-0.4, -0.2) is 37.6 Å². The normalized spacial score (nSPS) is 28.3. The molecule has 0 amide bonds. The molecule has 3 heteroatoms. The average Bonchev–Trinajstić information content (AvgIpc) is 2.37. The van der Waals surface area contributed by atoms with Crippen LogP contribution >= 0.6 is 0 Å². The summed E-state index contributed by atoms with van der Waals surface area (Å²) in [5.41, 5.74) is 0. The van der Waals surface area contributed by atoms with Crippen LogP contribution in [0.2, 0.25) is 0 Å². The van der Waals surface area contributed by atoms with Gasteiger partial charge in [-0.25, -0.2) is 0 Å². The van der Waals surface area contributed by atoms with Gasteiger partial charge in [-0.05, 0) is 12.8 Å². The zero-order chi connectivity index (χ0) is 13.1. The quantitative estimate of drug-likeness (QED) is 0.786. The zero-order valence-electron chi connectivity index (χ0n) is 11.9. The molecule has 1 aliphatic rings. The molecule has 108 valence electrons. The molecule has 0 aromatic heterocycles. The van der Waals surface area contributed by atoms with Crippen molar-refractivity contribution in [3.05, 3.63) is 0 Å². The molecule has 0 heterocycles. The van der Waals surface area contributed by atoms with E-state index in [9.17, 15) is 5.11 Å². The molecule has 1 rings (SSSR count). The summed E-state index contributed by atoms with van der Waals surface area (Å²) in [6.45, 7) is 1.21. The fourth-order valence-corrected chi connectivity index (χ4v) is 2.62. The Bertz CT molecular complexity index is 185. The van der Waals surface area contributed by atoms with Gasteiger partial charge in [0, 0.05) is 7.11 Å². The lowest BCUT2D eigenvalue weighted by atomic mass is 9.97. The van der Waals surface area contributed by atoms with E-state index in [2.05, 4.69) is 0 Å². The SMILES string of the molecule is COCCOC1CCCCCCCCCCC1O. The number of ether oxygens (including phenoxy) is 2. The second-order valence-electron chi connectivity index (χ2n) is 5.38. The average molecular weight is 258 g/mol. The van der Waals surface area contributed by atoms with Crippen molar-refractivity contribution in [1.82, 2.24) is 0 Å². The minimum atomic E-state index is -0.290. The van der Waals surface area contributed by atoms with Gasteiger partial charge in [0.1, 0.15) is 0 Å². The Morgan fingerprint density at radius 1 is 0.833 bits per heavy atom. The predicted molar refractivity (Wildman–Crippen MR) is 73.8 cm³/mol. The molecule has 1 N–H and O–H groups in total. The van der Waals surface area contributed by atoms with E-state index in [0.717, 1.165) is 19.3 Å². The lowest BCUT2D eigenvalue weighted by Gasteiger charge is -2.24. The van der Waals surface area contributed by atoms with Crippen LogP contribution in [0, 0.1) is 0 Å². The van der Waals surface area contributed by atoms with Crippen molar-refractivity contribution in [3.63, 3.8) is 0 Å². The fraction of sp³-hybridized carbons (Fsp3) is 1.00. The third-order valence-electron chi connectivity index (χ3n) is 3.79. The molecule has 1 fully saturated rings. The van der Waals surface area contributed by atoms with Crippen LogP contribution < -0.4 is 0 Å². The Labute approximate surface area is 112 Å². The fourth-order valence-electron chi connectivity index (χ4n) is 2.62. The summed E-state index contributed by atoms with van der Waals surface area (Å²) >= 11 is 0. The second kappa shape index (κ2) is 10.8. The maximum atomic E-state index is 10.2. The summed E-state index contributed by atoms with van der Waals surface area (Å²) in [5.74, 6) is 0. The molecule has 0 aromatic carbocycles. The third kappa shape index (κ3) is 7.34. The van der Waals surface area contributed by atoms with Gasteiger partial charge in [0.25, 0.3) is 0 Å². The first-order valence-electron chi connectivity index (χ1n) is 7.63. The first-order chi connectivity index (χ1) is 8.84. The predicted octanol–water partition coefficient (Wildman–Crippen LogP) is 3.29. The minimum absolute atomic E-state index is 0.0135. The standard InChI is InChI=1S/C15H30O3/c1-17-12-13-18-15-11-9-7-5-3-2-4-6-8-10-14(15)16/h14-16H,2-13H2,1H3. The maximum absolute atomic E-state index is 10.2. The highest BCUT2D eigenvalue weighted by Gasteiger charge is 2.19. The monoisotopic (exact) mass is 258 g/mol. The Balaban J connectivity index is 2.32. The second-order valence-corrected chi connectivity index (χ2v) is 5.38. The Hall–Kier alpha value is -0.120. The Kier molecular flexibility index (Phi) is 9.54. The minimum Gasteiger partial charge on any atom is -0.390 e. The zero-order valence-corrected chi connectivity index (χ0v) is 11.9. The Morgan fingerprint density at radius 2 is 1.39 bits per heavy atom. The summed E-state index contributed by atoms with van der Waals surface area (Å²) in [4.78, 5) is 0. The molecule has 1 aliphatic carbocycles. The summed E-state index contributed by atoms with van der Waals surface area (Å²) in [5, 5.41) is 10.2. The third-order valence-corrected chi connectivity index (χ3v) is 3.79. The van der Waals surface area contributed by atoms with Crippen molar-refractivity contribution in [2.24, 2.45) is 0 Å². The van der Waals surface area contributed by atoms with E-state index in [1.165, 1.54) is 44.9 Å². The van der Waals surface area contributed by atoms with Gasteiger partial charge >= 0.3 is 0 Å². The van der Waals surface area contributed by atoms with Crippen molar-refractivity contribution in [1.29, 1.82) is 0 Å². The van der Waals surface area contributed by atoms with Crippen LogP contribution in [0.1, 0.15) is 64.2 Å². The molecule has 18 heavy (non-hydrogen) atoms. The molecule has 2 unspecified atom stereocenters. The number of methoxy groups -OCH3 is 1. The number of aliphatic hydroxyl groups excluding tert-OH is 1. The molecular weight excluding hydrogens is 228 g/mol. The van der Waals surface area contributed by atoms with Gasteiger partial charge in [-0.1, -0.05) is 51.4 Å². The van der Waals surface area contributed by atoms with Crippen molar-refractivity contribution in [3.8, 4) is 0 Å². The van der Waals surface area contributed by atoms with Gasteiger partial charge in [-0.2, -0.15) is 0 Å². The van der Waals surface area contributed by atoms with Gasteiger partial charge in [0.05, 0.1) is 25.4 Å². The first-order valence-corrected chi connectivity index (χ1v) is 7.63. The van der Waals surface area contributed by atoms with Crippen molar-refractivity contribution in [2.75, 3.05) is 20.3 Å². The number of aliphatic hydroxyl groups is 1. The lowest BCUT2D eigenvalue weighted by molar-refractivity contribution is -0.0593. The van der Waals surface area contributed by atoms with Gasteiger partial charge in [-0.3, -0.25) is 0 Å². The highest BCUT2D eigenvalue weighted by atomic mass is 16.5. The van der Waals surface area contributed by atoms with E-state index in [-0.39, 0.29) is 12.2 Å². The van der Waals surface area contributed by atoms with E-state index < -0.39 is 0 Å². The molecule has 0 saturated heterocycles. The van der Waals surface area contributed by atoms with Crippen LogP contribution in [0.5, 0.6) is 0 Å². The summed E-state index contributed by atoms with van der Waals surface area (Å²) in [6, 6.07) is 0. The van der Waals surface area contributed by atoms with Crippen LogP contribution in [-0.2, 0) is 9.47 Å². The van der Waals surface area contributed by atoms with Crippen LogP contribution in [0.15, 0.2) is 0 Å². The lowest BCUT2D eigenvalue weighted by Crippen LogP contribution is -2.30. The molecular formula is C15H30O3. The Morgan fingerprint density at radius 3 is 2.00 bits per heavy atom. The largest absolute Gasteiger partial charge is 0.390 e. The molecule has 0 radical (unpaired) electrons. The van der Waals surface area contributed by atoms with Crippen LogP contribution in [0.3, 0.4) is 0 Å². The molecule has 2 atom stereocenters. The van der Waals surface area contributed by atoms with E-state index in [0.29, 0.717) is 13.2 Å². The van der Waals surface area contributed by atoms with Gasteiger partial charge < -0.3 is 14.6 Å². The molecule has 0 spiro atoms. The first kappa shape index (κ1) is 15.9. The van der Waals surface area contributed by atoms with Crippen molar-refractivity contribution < 1.29 is 14.6 Å². The number of hydrogen-bond donors (Lipinski definition) is 1. The molecule has 1 saturated carbocycles. The van der Waals surface area contributed by atoms with Gasteiger partial charge in [-0.15, -0.1) is 0 Å². The maximum Gasteiger partial charge on any atom is 0.0835 e. The van der Waals surface area contributed by atoms with Crippen LogP contribution in [0.25, 0.3) is 0 Å². The molecule has 3 nitrogen and oxygen atoms in total. The molecule has 0 bridgehead atoms. The smallest absolute Gasteiger partial charge is 0.0835 e. The number of hydrogen-bond acceptors (Lipinski definition) is 3. The summed E-state index contributed by atoms with van der Waals surface area (Å²) in [7, 11) is 1.68. The van der Waals surface area contributed by atoms with E-state index in [1.54, 1.807) is 7.11 Å². The van der Waals surface area contributed by atoms with Gasteiger partial charge in [0.15, 0.2) is 0 Å². The van der Waals surface area contributed by atoms with Gasteiger partial charge in [0.2, 0.25) is 0 Å². The van der Waals surface area contributed by atoms with Crippen molar-refractivity contribution in [2.45, 2.75) is 76.4 Å². The number of rotatable bonds is 4. The summed E-state index contributed by atoms with van der Waals surface area (Å²) in [6.07, 6.45) is 11.8. The summed E-state index contributed by atoms with van der Waals surface area (Å²) < 4.78 is 10.8. The topological polar surface area (TPSA) is 38.7 Å². The molecule has 0 aromatic rings. The van der Waals surface area contributed by atoms with Crippen LogP contribution in [0.4, 0.5) is 0 Å². The highest BCUT2D eigenvalue weighted by molar-refractivity contribution is 4.70. The van der Waals surface area contributed by atoms with E-state index >= 15 is 0 Å². The molecule has 0 aliphatic heterocycles. The highest BCUT2D eigenvalue weighted by Crippen LogP contribution is 2.19. The van der Waals surface area contributed by atoms with E-state index in [4.69, 9.17) is 9.47 Å². The van der Waals surface area contributed by atoms with Crippen molar-refractivity contribution >= 4 is 0 Å².